The lowest BCUT2D eigenvalue weighted by Crippen LogP contribution is -2.38. The van der Waals surface area contributed by atoms with Crippen LogP contribution in [-0.4, -0.2) is 28.9 Å². The predicted molar refractivity (Wildman–Crippen MR) is 108 cm³/mol. The number of amides is 2. The van der Waals surface area contributed by atoms with Crippen molar-refractivity contribution in [3.05, 3.63) is 65.7 Å². The van der Waals surface area contributed by atoms with Gasteiger partial charge in [0.2, 0.25) is 5.91 Å². The van der Waals surface area contributed by atoms with Gasteiger partial charge < -0.3 is 15.7 Å². The maximum absolute atomic E-state index is 12.7. The van der Waals surface area contributed by atoms with E-state index in [4.69, 9.17) is 5.11 Å². The van der Waals surface area contributed by atoms with Gasteiger partial charge in [0.1, 0.15) is 6.04 Å². The van der Waals surface area contributed by atoms with Crippen LogP contribution in [0.15, 0.2) is 54.6 Å². The Kier molecular flexibility index (Phi) is 7.32. The molecule has 2 atom stereocenters. The Hall–Kier alpha value is -3.15. The summed E-state index contributed by atoms with van der Waals surface area (Å²) in [5.41, 5.74) is 2.03. The van der Waals surface area contributed by atoms with E-state index in [1.807, 2.05) is 44.2 Å². The average molecular weight is 382 g/mol. The molecule has 2 aromatic carbocycles. The fourth-order valence-electron chi connectivity index (χ4n) is 2.78. The Bertz CT molecular complexity index is 816. The third kappa shape index (κ3) is 5.94. The normalized spacial score (nSPS) is 12.9. The minimum Gasteiger partial charge on any atom is -0.480 e. The lowest BCUT2D eigenvalue weighted by Gasteiger charge is -2.20. The van der Waals surface area contributed by atoms with Gasteiger partial charge in [-0.1, -0.05) is 44.2 Å². The summed E-state index contributed by atoms with van der Waals surface area (Å²) >= 11 is 0. The Balaban J connectivity index is 2.02. The van der Waals surface area contributed by atoms with Crippen LogP contribution < -0.4 is 10.6 Å². The van der Waals surface area contributed by atoms with Crippen LogP contribution in [0.4, 0.5) is 5.69 Å². The summed E-state index contributed by atoms with van der Waals surface area (Å²) in [5, 5.41) is 14.2. The van der Waals surface area contributed by atoms with Crippen molar-refractivity contribution in [3.8, 4) is 0 Å². The molecule has 0 fully saturated rings. The van der Waals surface area contributed by atoms with Crippen molar-refractivity contribution in [1.82, 2.24) is 5.32 Å². The molecule has 0 aliphatic carbocycles. The summed E-state index contributed by atoms with van der Waals surface area (Å²) < 4.78 is 0. The number of carboxylic acids is 1. The van der Waals surface area contributed by atoms with E-state index in [1.165, 1.54) is 6.92 Å². The Morgan fingerprint density at radius 3 is 2.07 bits per heavy atom. The smallest absolute Gasteiger partial charge is 0.325 e. The zero-order chi connectivity index (χ0) is 20.7. The molecule has 2 rings (SSSR count). The largest absolute Gasteiger partial charge is 0.480 e. The first-order chi connectivity index (χ1) is 13.3. The molecule has 3 N–H and O–H groups in total. The monoisotopic (exact) mass is 382 g/mol. The summed E-state index contributed by atoms with van der Waals surface area (Å²) in [7, 11) is 0. The van der Waals surface area contributed by atoms with Crippen molar-refractivity contribution < 1.29 is 19.5 Å². The maximum Gasteiger partial charge on any atom is 0.325 e. The molecule has 0 heterocycles. The molecule has 0 spiro atoms. The first kappa shape index (κ1) is 21.2. The lowest BCUT2D eigenvalue weighted by atomic mass is 9.88. The van der Waals surface area contributed by atoms with E-state index in [1.54, 1.807) is 24.3 Å². The molecular weight excluding hydrogens is 356 g/mol. The number of hydrogen-bond donors (Lipinski definition) is 3. The fourth-order valence-corrected chi connectivity index (χ4v) is 2.78. The summed E-state index contributed by atoms with van der Waals surface area (Å²) in [5.74, 6) is -1.66. The summed E-state index contributed by atoms with van der Waals surface area (Å²) in [6.07, 6.45) is 0.651. The molecule has 0 aromatic heterocycles. The topological polar surface area (TPSA) is 95.5 Å². The molecule has 148 valence electrons. The number of anilines is 1. The molecule has 2 aromatic rings. The number of nitrogens with one attached hydrogen (secondary N) is 2. The Morgan fingerprint density at radius 1 is 0.929 bits per heavy atom. The highest BCUT2D eigenvalue weighted by Crippen LogP contribution is 2.20. The van der Waals surface area contributed by atoms with E-state index in [0.29, 0.717) is 17.7 Å². The SMILES string of the molecule is CC(NC(=O)c1ccc(NC(=O)C(Cc2ccccc2)C(C)C)cc1)C(=O)O. The van der Waals surface area contributed by atoms with Crippen molar-refractivity contribution in [2.24, 2.45) is 11.8 Å². The van der Waals surface area contributed by atoms with Crippen molar-refractivity contribution in [2.75, 3.05) is 5.32 Å². The van der Waals surface area contributed by atoms with E-state index in [2.05, 4.69) is 10.6 Å². The van der Waals surface area contributed by atoms with Gasteiger partial charge in [0, 0.05) is 17.2 Å². The van der Waals surface area contributed by atoms with Gasteiger partial charge in [0.05, 0.1) is 0 Å². The van der Waals surface area contributed by atoms with Crippen LogP contribution >= 0.6 is 0 Å². The van der Waals surface area contributed by atoms with Crippen LogP contribution in [0.1, 0.15) is 36.7 Å². The van der Waals surface area contributed by atoms with Gasteiger partial charge in [-0.3, -0.25) is 14.4 Å². The van der Waals surface area contributed by atoms with E-state index < -0.39 is 17.9 Å². The quantitative estimate of drug-likeness (QED) is 0.652. The van der Waals surface area contributed by atoms with E-state index in [-0.39, 0.29) is 17.7 Å². The fraction of sp³-hybridized carbons (Fsp3) is 0.318. The molecule has 28 heavy (non-hydrogen) atoms. The third-order valence-corrected chi connectivity index (χ3v) is 4.57. The summed E-state index contributed by atoms with van der Waals surface area (Å²) in [6.45, 7) is 5.43. The lowest BCUT2D eigenvalue weighted by molar-refractivity contribution is -0.138. The Labute approximate surface area is 165 Å². The van der Waals surface area contributed by atoms with Crippen molar-refractivity contribution in [3.63, 3.8) is 0 Å². The second kappa shape index (κ2) is 9.69. The first-order valence-electron chi connectivity index (χ1n) is 9.26. The molecule has 2 amide bonds. The van der Waals surface area contributed by atoms with E-state index >= 15 is 0 Å². The zero-order valence-electron chi connectivity index (χ0n) is 16.3. The van der Waals surface area contributed by atoms with E-state index in [0.717, 1.165) is 5.56 Å². The number of carboxylic acid groups (broad SMARTS) is 1. The molecule has 0 radical (unpaired) electrons. The minimum absolute atomic E-state index is 0.0736. The standard InChI is InChI=1S/C22H26N2O4/c1-14(2)19(13-16-7-5-4-6-8-16)21(26)24-18-11-9-17(10-12-18)20(25)23-15(3)22(27)28/h4-12,14-15,19H,13H2,1-3H3,(H,23,25)(H,24,26)(H,27,28). The van der Waals surface area contributed by atoms with Gasteiger partial charge in [-0.25, -0.2) is 0 Å². The highest BCUT2D eigenvalue weighted by atomic mass is 16.4. The van der Waals surface area contributed by atoms with Gasteiger partial charge in [-0.05, 0) is 49.1 Å². The molecule has 0 aliphatic rings. The van der Waals surface area contributed by atoms with Gasteiger partial charge in [0.15, 0.2) is 0 Å². The molecule has 0 aliphatic heterocycles. The van der Waals surface area contributed by atoms with Crippen molar-refractivity contribution in [1.29, 1.82) is 0 Å². The number of carbonyl (C=O) groups excluding carboxylic acids is 2. The van der Waals surface area contributed by atoms with Crippen molar-refractivity contribution >= 4 is 23.5 Å². The molecule has 2 unspecified atom stereocenters. The predicted octanol–water partition coefficient (Wildman–Crippen LogP) is 3.34. The van der Waals surface area contributed by atoms with Gasteiger partial charge in [-0.2, -0.15) is 0 Å². The van der Waals surface area contributed by atoms with Gasteiger partial charge in [0.25, 0.3) is 5.91 Å². The van der Waals surface area contributed by atoms with E-state index in [9.17, 15) is 14.4 Å². The minimum atomic E-state index is -1.10. The highest BCUT2D eigenvalue weighted by Gasteiger charge is 2.23. The Morgan fingerprint density at radius 2 is 1.54 bits per heavy atom. The van der Waals surface area contributed by atoms with Gasteiger partial charge >= 0.3 is 5.97 Å². The number of carbonyl (C=O) groups is 3. The number of benzene rings is 2. The summed E-state index contributed by atoms with van der Waals surface area (Å²) in [4.78, 5) is 35.6. The number of aliphatic carboxylic acids is 1. The first-order valence-corrected chi connectivity index (χ1v) is 9.26. The average Bonchev–Trinajstić information content (AvgIpc) is 2.67. The third-order valence-electron chi connectivity index (χ3n) is 4.57. The second-order valence-corrected chi connectivity index (χ2v) is 7.14. The van der Waals surface area contributed by atoms with Crippen molar-refractivity contribution in [2.45, 2.75) is 33.2 Å². The zero-order valence-corrected chi connectivity index (χ0v) is 16.3. The van der Waals surface area contributed by atoms with Crippen LogP contribution in [-0.2, 0) is 16.0 Å². The highest BCUT2D eigenvalue weighted by molar-refractivity contribution is 5.97. The molecule has 0 saturated carbocycles. The van der Waals surface area contributed by atoms with Crippen LogP contribution in [0.2, 0.25) is 0 Å². The number of rotatable bonds is 8. The van der Waals surface area contributed by atoms with Crippen LogP contribution in [0.3, 0.4) is 0 Å². The van der Waals surface area contributed by atoms with Gasteiger partial charge in [-0.15, -0.1) is 0 Å². The molecule has 0 bridgehead atoms. The maximum atomic E-state index is 12.7. The molecule has 0 saturated heterocycles. The summed E-state index contributed by atoms with van der Waals surface area (Å²) in [6, 6.07) is 15.3. The second-order valence-electron chi connectivity index (χ2n) is 7.14. The molecule has 6 nitrogen and oxygen atoms in total. The van der Waals surface area contributed by atoms with Crippen LogP contribution in [0.5, 0.6) is 0 Å². The van der Waals surface area contributed by atoms with Crippen LogP contribution in [0, 0.1) is 11.8 Å². The van der Waals surface area contributed by atoms with Crippen LogP contribution in [0.25, 0.3) is 0 Å². The molecule has 6 heteroatoms. The molecular formula is C22H26N2O4. The number of hydrogen-bond acceptors (Lipinski definition) is 3.